The molecular formula is C11H24N2. The van der Waals surface area contributed by atoms with Crippen molar-refractivity contribution < 1.29 is 0 Å². The van der Waals surface area contributed by atoms with E-state index in [0.717, 1.165) is 25.0 Å². The van der Waals surface area contributed by atoms with E-state index in [0.29, 0.717) is 6.04 Å². The van der Waals surface area contributed by atoms with E-state index in [1.807, 2.05) is 0 Å². The molecule has 2 N–H and O–H groups in total. The minimum atomic E-state index is 0.679. The van der Waals surface area contributed by atoms with Crippen LogP contribution in [0.3, 0.4) is 0 Å². The molecular weight excluding hydrogens is 160 g/mol. The Morgan fingerprint density at radius 1 is 1.23 bits per heavy atom. The number of hydrogen-bond donors (Lipinski definition) is 2. The molecule has 0 radical (unpaired) electrons. The minimum absolute atomic E-state index is 0.679. The molecule has 0 spiro atoms. The van der Waals surface area contributed by atoms with Gasteiger partial charge in [0.2, 0.25) is 0 Å². The second kappa shape index (κ2) is 5.61. The Morgan fingerprint density at radius 2 is 2.00 bits per heavy atom. The van der Waals surface area contributed by atoms with Crippen LogP contribution in [0.25, 0.3) is 0 Å². The van der Waals surface area contributed by atoms with E-state index in [1.54, 1.807) is 0 Å². The van der Waals surface area contributed by atoms with Crippen molar-refractivity contribution in [3.63, 3.8) is 0 Å². The van der Waals surface area contributed by atoms with Crippen molar-refractivity contribution in [3.8, 4) is 0 Å². The van der Waals surface area contributed by atoms with Gasteiger partial charge in [0.15, 0.2) is 0 Å². The monoisotopic (exact) mass is 184 g/mol. The van der Waals surface area contributed by atoms with E-state index in [4.69, 9.17) is 0 Å². The van der Waals surface area contributed by atoms with Crippen LogP contribution in [0.2, 0.25) is 0 Å². The quantitative estimate of drug-likeness (QED) is 0.696. The van der Waals surface area contributed by atoms with Crippen molar-refractivity contribution >= 4 is 0 Å². The summed E-state index contributed by atoms with van der Waals surface area (Å²) in [5.74, 6) is 0.750. The average molecular weight is 184 g/mol. The molecule has 1 saturated heterocycles. The SMILES string of the molecule is CCCC[C@H]1CN[C@@H](C(C)C)CN1. The van der Waals surface area contributed by atoms with E-state index in [1.165, 1.54) is 19.3 Å². The molecule has 0 aromatic heterocycles. The Kier molecular flexibility index (Phi) is 4.74. The molecule has 2 atom stereocenters. The van der Waals surface area contributed by atoms with Crippen LogP contribution < -0.4 is 10.6 Å². The molecule has 0 amide bonds. The highest BCUT2D eigenvalue weighted by Crippen LogP contribution is 2.08. The molecule has 1 heterocycles. The largest absolute Gasteiger partial charge is 0.311 e. The highest BCUT2D eigenvalue weighted by Gasteiger charge is 2.20. The van der Waals surface area contributed by atoms with Gasteiger partial charge in [0.25, 0.3) is 0 Å². The molecule has 78 valence electrons. The zero-order valence-corrected chi connectivity index (χ0v) is 9.27. The van der Waals surface area contributed by atoms with Crippen molar-refractivity contribution in [2.24, 2.45) is 5.92 Å². The molecule has 0 bridgehead atoms. The Labute approximate surface area is 82.5 Å². The van der Waals surface area contributed by atoms with Gasteiger partial charge in [-0.2, -0.15) is 0 Å². The van der Waals surface area contributed by atoms with Gasteiger partial charge in [0.05, 0.1) is 0 Å². The molecule has 0 unspecified atom stereocenters. The Hall–Kier alpha value is -0.0800. The number of rotatable bonds is 4. The van der Waals surface area contributed by atoms with Crippen LogP contribution in [0, 0.1) is 5.92 Å². The molecule has 0 aliphatic carbocycles. The molecule has 1 aliphatic heterocycles. The first-order valence-electron chi connectivity index (χ1n) is 5.70. The van der Waals surface area contributed by atoms with E-state index in [9.17, 15) is 0 Å². The predicted octanol–water partition coefficient (Wildman–Crippen LogP) is 1.76. The smallest absolute Gasteiger partial charge is 0.0216 e. The van der Waals surface area contributed by atoms with Crippen LogP contribution >= 0.6 is 0 Å². The number of nitrogens with one attached hydrogen (secondary N) is 2. The zero-order chi connectivity index (χ0) is 9.68. The first kappa shape index (κ1) is 11.0. The maximum atomic E-state index is 3.62. The summed E-state index contributed by atoms with van der Waals surface area (Å²) in [4.78, 5) is 0. The Bertz CT molecular complexity index is 126. The average Bonchev–Trinajstić information content (AvgIpc) is 2.15. The predicted molar refractivity (Wildman–Crippen MR) is 57.9 cm³/mol. The van der Waals surface area contributed by atoms with Gasteiger partial charge in [-0.25, -0.2) is 0 Å². The molecule has 0 aromatic rings. The summed E-state index contributed by atoms with van der Waals surface area (Å²) in [7, 11) is 0. The van der Waals surface area contributed by atoms with Crippen LogP contribution in [0.1, 0.15) is 40.0 Å². The van der Waals surface area contributed by atoms with Gasteiger partial charge in [0.1, 0.15) is 0 Å². The van der Waals surface area contributed by atoms with Crippen molar-refractivity contribution in [1.29, 1.82) is 0 Å². The molecule has 2 nitrogen and oxygen atoms in total. The lowest BCUT2D eigenvalue weighted by Gasteiger charge is -2.33. The molecule has 1 fully saturated rings. The van der Waals surface area contributed by atoms with Crippen molar-refractivity contribution in [1.82, 2.24) is 10.6 Å². The van der Waals surface area contributed by atoms with Crippen LogP contribution in [0.4, 0.5) is 0 Å². The number of unbranched alkanes of at least 4 members (excludes halogenated alkanes) is 1. The molecule has 13 heavy (non-hydrogen) atoms. The van der Waals surface area contributed by atoms with Crippen molar-refractivity contribution in [2.45, 2.75) is 52.1 Å². The maximum Gasteiger partial charge on any atom is 0.0216 e. The molecule has 1 aliphatic rings. The summed E-state index contributed by atoms with van der Waals surface area (Å²) in [6, 6.07) is 1.40. The fourth-order valence-electron chi connectivity index (χ4n) is 1.86. The fraction of sp³-hybridized carbons (Fsp3) is 1.00. The van der Waals surface area contributed by atoms with E-state index in [2.05, 4.69) is 31.4 Å². The summed E-state index contributed by atoms with van der Waals surface area (Å²) in [5.41, 5.74) is 0. The lowest BCUT2D eigenvalue weighted by Crippen LogP contribution is -2.56. The second-order valence-corrected chi connectivity index (χ2v) is 4.51. The van der Waals surface area contributed by atoms with E-state index >= 15 is 0 Å². The molecule has 1 rings (SSSR count). The van der Waals surface area contributed by atoms with Gasteiger partial charge < -0.3 is 10.6 Å². The maximum absolute atomic E-state index is 3.62. The van der Waals surface area contributed by atoms with E-state index < -0.39 is 0 Å². The lowest BCUT2D eigenvalue weighted by atomic mass is 9.99. The van der Waals surface area contributed by atoms with Gasteiger partial charge in [-0.3, -0.25) is 0 Å². The topological polar surface area (TPSA) is 24.1 Å². The first-order chi connectivity index (χ1) is 6.24. The highest BCUT2D eigenvalue weighted by atomic mass is 15.1. The normalized spacial score (nSPS) is 29.5. The van der Waals surface area contributed by atoms with Crippen molar-refractivity contribution in [2.75, 3.05) is 13.1 Å². The van der Waals surface area contributed by atoms with Crippen LogP contribution in [-0.4, -0.2) is 25.2 Å². The highest BCUT2D eigenvalue weighted by molar-refractivity contribution is 4.84. The van der Waals surface area contributed by atoms with Gasteiger partial charge in [-0.15, -0.1) is 0 Å². The van der Waals surface area contributed by atoms with Gasteiger partial charge in [-0.1, -0.05) is 33.6 Å². The zero-order valence-electron chi connectivity index (χ0n) is 9.27. The summed E-state index contributed by atoms with van der Waals surface area (Å²) in [5, 5.41) is 7.24. The number of piperazine rings is 1. The fourth-order valence-corrected chi connectivity index (χ4v) is 1.86. The second-order valence-electron chi connectivity index (χ2n) is 4.51. The number of hydrogen-bond acceptors (Lipinski definition) is 2. The molecule has 0 saturated carbocycles. The third-order valence-electron chi connectivity index (χ3n) is 2.96. The summed E-state index contributed by atoms with van der Waals surface area (Å²) >= 11 is 0. The molecule has 2 heteroatoms. The summed E-state index contributed by atoms with van der Waals surface area (Å²) < 4.78 is 0. The molecule has 0 aromatic carbocycles. The first-order valence-corrected chi connectivity index (χ1v) is 5.70. The third kappa shape index (κ3) is 3.65. The van der Waals surface area contributed by atoms with Gasteiger partial charge in [-0.05, 0) is 12.3 Å². The summed E-state index contributed by atoms with van der Waals surface area (Å²) in [6.07, 6.45) is 3.99. The lowest BCUT2D eigenvalue weighted by molar-refractivity contribution is 0.283. The van der Waals surface area contributed by atoms with Crippen LogP contribution in [0.5, 0.6) is 0 Å². The van der Waals surface area contributed by atoms with Gasteiger partial charge in [0, 0.05) is 25.2 Å². The Balaban J connectivity index is 2.15. The van der Waals surface area contributed by atoms with Gasteiger partial charge >= 0.3 is 0 Å². The third-order valence-corrected chi connectivity index (χ3v) is 2.96. The van der Waals surface area contributed by atoms with Crippen LogP contribution in [-0.2, 0) is 0 Å². The Morgan fingerprint density at radius 3 is 2.46 bits per heavy atom. The minimum Gasteiger partial charge on any atom is -0.311 e. The van der Waals surface area contributed by atoms with Crippen molar-refractivity contribution in [3.05, 3.63) is 0 Å². The standard InChI is InChI=1S/C11H24N2/c1-4-5-6-10-7-13-11(8-12-10)9(2)3/h9-13H,4-8H2,1-3H3/t10-,11+/m0/s1. The van der Waals surface area contributed by atoms with Crippen LogP contribution in [0.15, 0.2) is 0 Å². The summed E-state index contributed by atoms with van der Waals surface area (Å²) in [6.45, 7) is 9.12. The van der Waals surface area contributed by atoms with E-state index in [-0.39, 0.29) is 0 Å².